The fourth-order valence-electron chi connectivity index (χ4n) is 3.02. The lowest BCUT2D eigenvalue weighted by Gasteiger charge is -2.18. The van der Waals surface area contributed by atoms with Crippen LogP contribution in [0.15, 0.2) is 6.07 Å². The van der Waals surface area contributed by atoms with Crippen LogP contribution in [0.1, 0.15) is 39.9 Å². The van der Waals surface area contributed by atoms with Crippen LogP contribution in [0.2, 0.25) is 0 Å². The van der Waals surface area contributed by atoms with Gasteiger partial charge in [0.2, 0.25) is 0 Å². The SMILES string of the molecule is CC1CCc2sc(C(=O)N3CCCNCC3)cc2C1. The molecule has 104 valence electrons. The van der Waals surface area contributed by atoms with E-state index in [0.717, 1.165) is 56.2 Å². The molecule has 0 saturated carbocycles. The van der Waals surface area contributed by atoms with Crippen LogP contribution < -0.4 is 5.32 Å². The first-order chi connectivity index (χ1) is 9.24. The fourth-order valence-corrected chi connectivity index (χ4v) is 4.19. The van der Waals surface area contributed by atoms with Gasteiger partial charge in [-0.25, -0.2) is 0 Å². The molecule has 0 spiro atoms. The molecule has 2 heterocycles. The van der Waals surface area contributed by atoms with E-state index in [1.807, 2.05) is 4.90 Å². The quantitative estimate of drug-likeness (QED) is 0.855. The zero-order chi connectivity index (χ0) is 13.2. The summed E-state index contributed by atoms with van der Waals surface area (Å²) in [5.74, 6) is 1.02. The molecule has 4 heteroatoms. The Kier molecular flexibility index (Phi) is 3.89. The lowest BCUT2D eigenvalue weighted by atomic mass is 9.90. The molecular weight excluding hydrogens is 256 g/mol. The maximum Gasteiger partial charge on any atom is 0.263 e. The van der Waals surface area contributed by atoms with Gasteiger partial charge in [-0.2, -0.15) is 0 Å². The first-order valence-electron chi connectivity index (χ1n) is 7.35. The Hall–Kier alpha value is -0.870. The van der Waals surface area contributed by atoms with Crippen molar-refractivity contribution in [2.24, 2.45) is 5.92 Å². The summed E-state index contributed by atoms with van der Waals surface area (Å²) >= 11 is 1.73. The van der Waals surface area contributed by atoms with Crippen LogP contribution in [0.4, 0.5) is 0 Å². The van der Waals surface area contributed by atoms with E-state index < -0.39 is 0 Å². The maximum absolute atomic E-state index is 12.6. The van der Waals surface area contributed by atoms with Crippen molar-refractivity contribution in [3.8, 4) is 0 Å². The van der Waals surface area contributed by atoms with Crippen molar-refractivity contribution in [1.82, 2.24) is 10.2 Å². The van der Waals surface area contributed by atoms with E-state index in [2.05, 4.69) is 18.3 Å². The first kappa shape index (κ1) is 13.1. The molecule has 0 radical (unpaired) electrons. The van der Waals surface area contributed by atoms with E-state index in [4.69, 9.17) is 0 Å². The van der Waals surface area contributed by atoms with Gasteiger partial charge in [-0.15, -0.1) is 11.3 Å². The molecule has 1 N–H and O–H groups in total. The van der Waals surface area contributed by atoms with Gasteiger partial charge in [0.1, 0.15) is 0 Å². The minimum atomic E-state index is 0.246. The molecule has 1 saturated heterocycles. The van der Waals surface area contributed by atoms with E-state index >= 15 is 0 Å². The van der Waals surface area contributed by atoms with Gasteiger partial charge in [0.05, 0.1) is 4.88 Å². The molecule has 1 fully saturated rings. The van der Waals surface area contributed by atoms with Crippen molar-refractivity contribution >= 4 is 17.2 Å². The van der Waals surface area contributed by atoms with Gasteiger partial charge in [0.25, 0.3) is 5.91 Å². The lowest BCUT2D eigenvalue weighted by Crippen LogP contribution is -2.33. The van der Waals surface area contributed by atoms with Gasteiger partial charge in [-0.05, 0) is 49.8 Å². The Bertz CT molecular complexity index is 461. The van der Waals surface area contributed by atoms with Gasteiger partial charge in [-0.3, -0.25) is 4.79 Å². The van der Waals surface area contributed by atoms with Crippen molar-refractivity contribution in [1.29, 1.82) is 0 Å². The summed E-state index contributed by atoms with van der Waals surface area (Å²) in [4.78, 5) is 17.0. The molecule has 1 aliphatic heterocycles. The number of hydrogen-bond acceptors (Lipinski definition) is 3. The van der Waals surface area contributed by atoms with E-state index in [1.165, 1.54) is 16.9 Å². The Morgan fingerprint density at radius 2 is 2.32 bits per heavy atom. The zero-order valence-electron chi connectivity index (χ0n) is 11.6. The normalized spacial score (nSPS) is 23.8. The highest BCUT2D eigenvalue weighted by atomic mass is 32.1. The van der Waals surface area contributed by atoms with E-state index in [-0.39, 0.29) is 5.91 Å². The summed E-state index contributed by atoms with van der Waals surface area (Å²) in [5, 5.41) is 3.35. The lowest BCUT2D eigenvalue weighted by molar-refractivity contribution is 0.0771. The summed E-state index contributed by atoms with van der Waals surface area (Å²) in [6.45, 7) is 6.00. The molecule has 1 aromatic heterocycles. The third-order valence-corrected chi connectivity index (χ3v) is 5.39. The molecule has 3 nitrogen and oxygen atoms in total. The average molecular weight is 278 g/mol. The summed E-state index contributed by atoms with van der Waals surface area (Å²) in [6, 6.07) is 2.16. The van der Waals surface area contributed by atoms with E-state index in [0.29, 0.717) is 0 Å². The maximum atomic E-state index is 12.6. The Morgan fingerprint density at radius 3 is 3.21 bits per heavy atom. The minimum absolute atomic E-state index is 0.246. The number of rotatable bonds is 1. The number of hydrogen-bond donors (Lipinski definition) is 1. The van der Waals surface area contributed by atoms with E-state index in [9.17, 15) is 4.79 Å². The second-order valence-corrected chi connectivity index (χ2v) is 6.94. The molecule has 1 aliphatic carbocycles. The molecule has 0 aromatic carbocycles. The molecule has 3 rings (SSSR count). The summed E-state index contributed by atoms with van der Waals surface area (Å²) < 4.78 is 0. The predicted molar refractivity (Wildman–Crippen MR) is 78.9 cm³/mol. The van der Waals surface area contributed by atoms with Gasteiger partial charge in [-0.1, -0.05) is 6.92 Å². The van der Waals surface area contributed by atoms with Gasteiger partial charge in [0.15, 0.2) is 0 Å². The Balaban J connectivity index is 1.76. The number of carbonyl (C=O) groups excluding carboxylic acids is 1. The summed E-state index contributed by atoms with van der Waals surface area (Å²) in [7, 11) is 0. The Morgan fingerprint density at radius 1 is 1.42 bits per heavy atom. The smallest absolute Gasteiger partial charge is 0.263 e. The van der Waals surface area contributed by atoms with Crippen LogP contribution in [0.25, 0.3) is 0 Å². The van der Waals surface area contributed by atoms with Crippen LogP contribution in [0, 0.1) is 5.92 Å². The molecule has 2 aliphatic rings. The molecule has 0 bridgehead atoms. The molecule has 19 heavy (non-hydrogen) atoms. The van der Waals surface area contributed by atoms with Crippen molar-refractivity contribution in [2.45, 2.75) is 32.6 Å². The van der Waals surface area contributed by atoms with Crippen molar-refractivity contribution < 1.29 is 4.79 Å². The number of amides is 1. The third kappa shape index (κ3) is 2.84. The first-order valence-corrected chi connectivity index (χ1v) is 8.17. The van der Waals surface area contributed by atoms with Crippen LogP contribution in [-0.2, 0) is 12.8 Å². The number of thiophene rings is 1. The molecule has 1 aromatic rings. The highest BCUT2D eigenvalue weighted by Gasteiger charge is 2.23. The molecule has 1 unspecified atom stereocenters. The van der Waals surface area contributed by atoms with Gasteiger partial charge >= 0.3 is 0 Å². The molecular formula is C15H22N2OS. The largest absolute Gasteiger partial charge is 0.337 e. The molecule has 1 amide bonds. The van der Waals surface area contributed by atoms with Crippen LogP contribution in [0.5, 0.6) is 0 Å². The molecule has 1 atom stereocenters. The minimum Gasteiger partial charge on any atom is -0.337 e. The van der Waals surface area contributed by atoms with Gasteiger partial charge < -0.3 is 10.2 Å². The van der Waals surface area contributed by atoms with Crippen LogP contribution in [0.3, 0.4) is 0 Å². The highest BCUT2D eigenvalue weighted by molar-refractivity contribution is 7.14. The van der Waals surface area contributed by atoms with Crippen molar-refractivity contribution in [2.75, 3.05) is 26.2 Å². The van der Waals surface area contributed by atoms with Gasteiger partial charge in [0, 0.05) is 24.5 Å². The third-order valence-electron chi connectivity index (χ3n) is 4.17. The zero-order valence-corrected chi connectivity index (χ0v) is 12.4. The number of nitrogens with one attached hydrogen (secondary N) is 1. The van der Waals surface area contributed by atoms with Crippen LogP contribution >= 0.6 is 11.3 Å². The topological polar surface area (TPSA) is 32.3 Å². The highest BCUT2D eigenvalue weighted by Crippen LogP contribution is 2.32. The predicted octanol–water partition coefficient (Wildman–Crippen LogP) is 2.31. The van der Waals surface area contributed by atoms with Crippen molar-refractivity contribution in [3.63, 3.8) is 0 Å². The number of nitrogens with zero attached hydrogens (tertiary/aromatic N) is 1. The fraction of sp³-hybridized carbons (Fsp3) is 0.667. The van der Waals surface area contributed by atoms with Crippen LogP contribution in [-0.4, -0.2) is 37.0 Å². The monoisotopic (exact) mass is 278 g/mol. The second kappa shape index (κ2) is 5.63. The standard InChI is InChI=1S/C15H22N2OS/c1-11-3-4-13-12(9-11)10-14(19-13)15(18)17-7-2-5-16-6-8-17/h10-11,16H,2-9H2,1H3. The number of fused-ring (bicyclic) bond motifs is 1. The second-order valence-electron chi connectivity index (χ2n) is 5.80. The van der Waals surface area contributed by atoms with Crippen molar-refractivity contribution in [3.05, 3.63) is 21.4 Å². The average Bonchev–Trinajstić information content (AvgIpc) is 2.64. The number of aryl methyl sites for hydroxylation is 1. The Labute approximate surface area is 119 Å². The summed E-state index contributed by atoms with van der Waals surface area (Å²) in [6.07, 6.45) is 4.65. The van der Waals surface area contributed by atoms with E-state index in [1.54, 1.807) is 11.3 Å². The number of carbonyl (C=O) groups is 1. The summed E-state index contributed by atoms with van der Waals surface area (Å²) in [5.41, 5.74) is 1.43.